The molecule has 0 saturated carbocycles. The molecule has 9 aromatic rings. The third-order valence-corrected chi connectivity index (χ3v) is 22.6. The molecule has 12 rings (SSSR count). The van der Waals surface area contributed by atoms with Crippen molar-refractivity contribution < 1.29 is 56.8 Å². The third kappa shape index (κ3) is 54.2. The molecule has 3 saturated heterocycles. The Bertz CT molecular complexity index is 4820. The number of likely N-dealkylation sites (N-methyl/N-ethyl adjacent to an activating group) is 3. The Morgan fingerprint density at radius 3 is 1.26 bits per heavy atom. The lowest BCUT2D eigenvalue weighted by molar-refractivity contribution is -0.122. The molecule has 3 aromatic heterocycles. The number of halogens is 1. The van der Waals surface area contributed by atoms with Crippen molar-refractivity contribution in [2.75, 3.05) is 183 Å². The molecule has 10 amide bonds. The number of piperidine rings is 1. The minimum absolute atomic E-state index is 0. The highest BCUT2D eigenvalue weighted by atomic mass is 127. The first-order chi connectivity index (χ1) is 66.5. The van der Waals surface area contributed by atoms with E-state index >= 15 is 0 Å². The SMILES string of the molecule is C.C.C.C=C.CC.CCCCC(=O)NC.CCN(CC)CCCCCCC(=O)NC.CNC(=O)CN1CCN(C)CC1.CNC(=O)c1ccc(-c2ccc(C3(N=O)CCN(C)CC3)cc2)o1.CNC(=O)c1ccc(-c2ccccc2)cc1.CNC(=O)c1ccc(C)o1.CNC(=O)c1ccc(CN2CCN(C)CC2)cc1.CNC(=O)c1ccccc1.CNC(=O)c1ccccc1I.CNC(=O)c1cccnc1. The zero-order valence-electron chi connectivity index (χ0n) is 85.0. The van der Waals surface area contributed by atoms with Crippen molar-refractivity contribution in [2.45, 2.75) is 140 Å². The van der Waals surface area contributed by atoms with Gasteiger partial charge in [-0.1, -0.05) is 191 Å². The number of unbranched alkanes of at least 4 members (excludes halogenated alkanes) is 4. The predicted octanol–water partition coefficient (Wildman–Crippen LogP) is 16.2. The van der Waals surface area contributed by atoms with E-state index in [1.807, 2.05) is 141 Å². The van der Waals surface area contributed by atoms with Crippen LogP contribution in [-0.2, 0) is 26.5 Å². The maximum absolute atomic E-state index is 11.6. The quantitative estimate of drug-likeness (QED) is 0.00989. The Morgan fingerprint density at radius 2 is 0.816 bits per heavy atom. The molecule has 0 bridgehead atoms. The lowest BCUT2D eigenvalue weighted by Crippen LogP contribution is -2.47. The average molecular weight is 2060 g/mol. The first-order valence-electron chi connectivity index (χ1n) is 47.0. The lowest BCUT2D eigenvalue weighted by atomic mass is 9.81. The van der Waals surface area contributed by atoms with Crippen molar-refractivity contribution >= 4 is 81.7 Å². The fourth-order valence-corrected chi connectivity index (χ4v) is 13.7. The minimum Gasteiger partial charge on any atom is -0.456 e. The van der Waals surface area contributed by atoms with Crippen LogP contribution in [0.15, 0.2) is 234 Å². The van der Waals surface area contributed by atoms with Gasteiger partial charge in [-0.15, -0.1) is 18.1 Å². The van der Waals surface area contributed by atoms with E-state index in [1.165, 1.54) is 37.6 Å². The first kappa shape index (κ1) is 133. The van der Waals surface area contributed by atoms with Crippen LogP contribution in [0.1, 0.15) is 211 Å². The van der Waals surface area contributed by atoms with E-state index in [0.717, 1.165) is 160 Å². The van der Waals surface area contributed by atoms with Gasteiger partial charge in [0.05, 0.1) is 17.7 Å². The highest BCUT2D eigenvalue weighted by Crippen LogP contribution is 2.38. The normalized spacial score (nSPS) is 12.5. The third-order valence-electron chi connectivity index (χ3n) is 21.7. The van der Waals surface area contributed by atoms with Crippen molar-refractivity contribution in [3.63, 3.8) is 0 Å². The molecule has 0 spiro atoms. The van der Waals surface area contributed by atoms with Gasteiger partial charge < -0.3 is 81.6 Å². The fourth-order valence-electron chi connectivity index (χ4n) is 13.1. The van der Waals surface area contributed by atoms with E-state index in [2.05, 4.69) is 183 Å². The topological polar surface area (TPSA) is 379 Å². The number of hydrogen-bond acceptors (Lipinski definition) is 21. The minimum atomic E-state index is -0.637. The number of nitrogens with zero attached hydrogens (tertiary/aromatic N) is 8. The molecule has 141 heavy (non-hydrogen) atoms. The number of nitroso groups, excluding NO2 is 1. The molecule has 0 aliphatic carbocycles. The number of nitrogens with one attached hydrogen (secondary N) is 10. The van der Waals surface area contributed by atoms with E-state index < -0.39 is 5.54 Å². The standard InChI is InChI=1S/C18H21N3O3.C14H21N3O.C14H13NO.C12H26N2O.C8H8INO.C8H17N3O.C8H9NO.C7H8N2O.C7H9NO2.C6H13NO.C2H6.C2H4.3CH4/c1-19-17(22)16-8-7-15(24-16)13-3-5-14(6-4-13)18(20-23)9-11-21(2)12-10-18;1-15-14(18)13-5-3-12(4-6-13)11-17-9-7-16(2)8-10-17;1-15-14(16)13-9-7-12(8-10-13)11-5-3-2-4-6-11;1-4-14(5-2)11-9-7-6-8-10-12(15)13-3;1-10-8(11)6-4-2-3-5-7(6)9;1-9-8(12)7-11-5-3-10(2)4-6-11;1-9-8(10)7-5-3-2-4-6-7;1-8-7(10)6-3-2-4-9-5-6;1-5-3-4-6(10-5)7(9)8-2;1-3-4-5-6(8)7-2;2*1-2;;;/h3-8H,9-12H2,1-2H3,(H,19,22);3-6H,7-11H2,1-2H3,(H,15,18);2-10H,1H3,(H,15,16);4-11H2,1-3H3,(H,13,15);2-5H,1H3,(H,10,11);3-7H2,1-2H3,(H,9,12);2-6H,1H3,(H,9,10);2-5H,1H3,(H,8,10);3-4H,1-2H3,(H,8,9);3-5H2,1-2H3,(H,7,8);1-2H3;1-2H2;3*1H4. The van der Waals surface area contributed by atoms with Gasteiger partial charge in [-0.2, -0.15) is 0 Å². The summed E-state index contributed by atoms with van der Waals surface area (Å²) < 4.78 is 11.6. The van der Waals surface area contributed by atoms with Gasteiger partial charge in [-0.3, -0.25) is 62.7 Å². The summed E-state index contributed by atoms with van der Waals surface area (Å²) in [7, 11) is 22.6. The summed E-state index contributed by atoms with van der Waals surface area (Å²) in [5.41, 5.74) is 8.13. The molecule has 778 valence electrons. The van der Waals surface area contributed by atoms with Crippen LogP contribution in [0.5, 0.6) is 0 Å². The molecule has 3 aliphatic rings. The molecule has 0 unspecified atom stereocenters. The summed E-state index contributed by atoms with van der Waals surface area (Å²) in [6.07, 6.45) is 12.8. The van der Waals surface area contributed by atoms with Crippen molar-refractivity contribution in [1.82, 2.24) is 87.6 Å². The molecular formula is C109H167IN18O13. The number of carbonyl (C=O) groups is 10. The molecule has 3 fully saturated rings. The molecule has 10 N–H and O–H groups in total. The first-order valence-corrected chi connectivity index (χ1v) is 48.1. The maximum atomic E-state index is 11.6. The highest BCUT2D eigenvalue weighted by molar-refractivity contribution is 14.1. The Kier molecular flexibility index (Phi) is 75.5. The zero-order chi connectivity index (χ0) is 103. The summed E-state index contributed by atoms with van der Waals surface area (Å²) in [5.74, 6) is 1.73. The van der Waals surface area contributed by atoms with Crippen LogP contribution in [0.3, 0.4) is 0 Å². The molecule has 6 aromatic carbocycles. The Morgan fingerprint density at radius 1 is 0.411 bits per heavy atom. The van der Waals surface area contributed by atoms with Gasteiger partial charge in [0.1, 0.15) is 17.1 Å². The van der Waals surface area contributed by atoms with Gasteiger partial charge in [0.25, 0.3) is 41.4 Å². The molecule has 3 aliphatic heterocycles. The van der Waals surface area contributed by atoms with Crippen LogP contribution < -0.4 is 53.2 Å². The smallest absolute Gasteiger partial charge is 0.286 e. The Balaban J connectivity index is -0.00000151. The highest BCUT2D eigenvalue weighted by Gasteiger charge is 2.37. The fraction of sp³-hybridized carbons (Fsp3) is 0.440. The van der Waals surface area contributed by atoms with Crippen molar-refractivity contribution in [3.05, 3.63) is 284 Å². The molecule has 32 heteroatoms. The number of aromatic nitrogens is 1. The van der Waals surface area contributed by atoms with E-state index in [1.54, 1.807) is 138 Å². The average Bonchev–Trinajstić information content (AvgIpc) is 1.73. The molecule has 6 heterocycles. The Hall–Kier alpha value is -12.4. The van der Waals surface area contributed by atoms with Gasteiger partial charge in [-0.25, -0.2) is 0 Å². The second-order valence-corrected chi connectivity index (χ2v) is 32.5. The van der Waals surface area contributed by atoms with Crippen molar-refractivity contribution in [1.29, 1.82) is 0 Å². The van der Waals surface area contributed by atoms with Gasteiger partial charge in [-0.05, 0) is 210 Å². The second-order valence-electron chi connectivity index (χ2n) is 31.3. The second kappa shape index (κ2) is 80.3. The van der Waals surface area contributed by atoms with E-state index in [0.29, 0.717) is 47.6 Å². The van der Waals surface area contributed by atoms with E-state index in [9.17, 15) is 52.9 Å². The summed E-state index contributed by atoms with van der Waals surface area (Å²) >= 11 is 2.14. The zero-order valence-corrected chi connectivity index (χ0v) is 87.1. The van der Waals surface area contributed by atoms with Crippen LogP contribution in [-0.4, -0.2) is 277 Å². The molecule has 31 nitrogen and oxygen atoms in total. The summed E-state index contributed by atoms with van der Waals surface area (Å²) in [6, 6.07) is 60.1. The van der Waals surface area contributed by atoms with E-state index in [-0.39, 0.29) is 87.1 Å². The van der Waals surface area contributed by atoms with Gasteiger partial charge in [0, 0.05) is 194 Å². The number of benzene rings is 6. The summed E-state index contributed by atoms with van der Waals surface area (Å²) in [6.45, 7) is 33.7. The van der Waals surface area contributed by atoms with Gasteiger partial charge in [0.2, 0.25) is 17.7 Å². The van der Waals surface area contributed by atoms with E-state index in [4.69, 9.17) is 8.83 Å². The summed E-state index contributed by atoms with van der Waals surface area (Å²) in [4.78, 5) is 140. The maximum Gasteiger partial charge on any atom is 0.286 e. The van der Waals surface area contributed by atoms with Crippen LogP contribution in [0.4, 0.5) is 0 Å². The van der Waals surface area contributed by atoms with Crippen LogP contribution in [0.25, 0.3) is 22.5 Å². The number of amides is 10. The number of piperazine rings is 2. The number of hydrogen-bond donors (Lipinski definition) is 10. The number of pyridine rings is 1. The summed E-state index contributed by atoms with van der Waals surface area (Å²) in [5, 5.41) is 29.2. The van der Waals surface area contributed by atoms with Gasteiger partial charge >= 0.3 is 0 Å². The Labute approximate surface area is 856 Å². The van der Waals surface area contributed by atoms with Crippen LogP contribution in [0.2, 0.25) is 0 Å². The number of aryl methyl sites for hydroxylation is 1. The van der Waals surface area contributed by atoms with Crippen molar-refractivity contribution in [2.24, 2.45) is 5.18 Å². The number of furan rings is 2. The van der Waals surface area contributed by atoms with Crippen LogP contribution in [0, 0.1) is 15.4 Å². The number of likely N-dealkylation sites (tertiary alicyclic amines) is 1. The van der Waals surface area contributed by atoms with Crippen molar-refractivity contribution in [3.8, 4) is 22.5 Å². The monoisotopic (exact) mass is 2060 g/mol. The molecular weight excluding hydrogens is 1900 g/mol. The lowest BCUT2D eigenvalue weighted by Gasteiger charge is -2.35. The van der Waals surface area contributed by atoms with Crippen LogP contribution >= 0.6 is 22.6 Å². The molecule has 0 radical (unpaired) electrons. The molecule has 0 atom stereocenters. The predicted molar refractivity (Wildman–Crippen MR) is 586 cm³/mol. The van der Waals surface area contributed by atoms with Gasteiger partial charge in [0.15, 0.2) is 11.5 Å². The number of carbonyl (C=O) groups excluding carboxylic acids is 10. The number of rotatable bonds is 27. The largest absolute Gasteiger partial charge is 0.456 e.